The summed E-state index contributed by atoms with van der Waals surface area (Å²) in [4.78, 5) is 17.5. The normalized spacial score (nSPS) is 10.7. The van der Waals surface area contributed by atoms with Crippen molar-refractivity contribution in [2.45, 2.75) is 40.3 Å². The second-order valence-electron chi connectivity index (χ2n) is 5.12. The fourth-order valence-corrected chi connectivity index (χ4v) is 2.92. The monoisotopic (exact) mass is 337 g/mol. The van der Waals surface area contributed by atoms with Gasteiger partial charge in [0.05, 0.1) is 28.8 Å². The number of thiazole rings is 1. The van der Waals surface area contributed by atoms with Crippen molar-refractivity contribution >= 4 is 23.1 Å². The zero-order valence-electron chi connectivity index (χ0n) is 13.8. The standard InChI is InChI=1S/C15H23N5O2S/c1-4-22-10-20-9-13(8-17-20)19-15(21)16-7-5-6-14-18-11(2)12(3)23-14/h8-9H,4-7,10H2,1-3H3,(H2,16,19,21). The van der Waals surface area contributed by atoms with Crippen LogP contribution in [0.1, 0.15) is 28.9 Å². The molecule has 0 saturated carbocycles. The average molecular weight is 337 g/mol. The first kappa shape index (κ1) is 17.4. The fourth-order valence-electron chi connectivity index (χ4n) is 1.95. The third-order valence-corrected chi connectivity index (χ3v) is 4.38. The molecule has 0 aliphatic heterocycles. The molecule has 0 radical (unpaired) electrons. The topological polar surface area (TPSA) is 81.1 Å². The van der Waals surface area contributed by atoms with Gasteiger partial charge in [-0.25, -0.2) is 14.5 Å². The predicted molar refractivity (Wildman–Crippen MR) is 90.8 cm³/mol. The number of hydrogen-bond acceptors (Lipinski definition) is 5. The van der Waals surface area contributed by atoms with Gasteiger partial charge in [-0.3, -0.25) is 0 Å². The Kier molecular flexibility index (Phi) is 6.54. The van der Waals surface area contributed by atoms with E-state index in [1.54, 1.807) is 28.4 Å². The van der Waals surface area contributed by atoms with Crippen LogP contribution in [0.3, 0.4) is 0 Å². The van der Waals surface area contributed by atoms with E-state index in [0.29, 0.717) is 25.6 Å². The number of carbonyl (C=O) groups excluding carboxylic acids is 1. The number of aromatic nitrogens is 3. The summed E-state index contributed by atoms with van der Waals surface area (Å²) in [5.74, 6) is 0. The summed E-state index contributed by atoms with van der Waals surface area (Å²) in [5.41, 5.74) is 1.74. The summed E-state index contributed by atoms with van der Waals surface area (Å²) >= 11 is 1.72. The molecule has 0 atom stereocenters. The number of hydrogen-bond donors (Lipinski definition) is 2. The number of carbonyl (C=O) groups is 1. The lowest BCUT2D eigenvalue weighted by atomic mass is 10.3. The van der Waals surface area contributed by atoms with Crippen LogP contribution in [-0.2, 0) is 17.9 Å². The first-order valence-corrected chi connectivity index (χ1v) is 8.48. The van der Waals surface area contributed by atoms with Crippen LogP contribution in [0.2, 0.25) is 0 Å². The van der Waals surface area contributed by atoms with E-state index in [9.17, 15) is 4.79 Å². The van der Waals surface area contributed by atoms with Crippen molar-refractivity contribution in [1.82, 2.24) is 20.1 Å². The highest BCUT2D eigenvalue weighted by Crippen LogP contribution is 2.17. The van der Waals surface area contributed by atoms with Gasteiger partial charge in [-0.05, 0) is 27.2 Å². The van der Waals surface area contributed by atoms with Gasteiger partial charge in [0.1, 0.15) is 6.73 Å². The van der Waals surface area contributed by atoms with E-state index in [2.05, 4.69) is 27.6 Å². The van der Waals surface area contributed by atoms with Crippen LogP contribution in [0.15, 0.2) is 12.4 Å². The number of rotatable bonds is 8. The SMILES string of the molecule is CCOCn1cc(NC(=O)NCCCc2nc(C)c(C)s2)cn1. The summed E-state index contributed by atoms with van der Waals surface area (Å²) in [6, 6.07) is -0.229. The quantitative estimate of drug-likeness (QED) is 0.726. The molecule has 0 fully saturated rings. The molecule has 0 bridgehead atoms. The van der Waals surface area contributed by atoms with Crippen LogP contribution >= 0.6 is 11.3 Å². The van der Waals surface area contributed by atoms with Crippen molar-refractivity contribution in [3.63, 3.8) is 0 Å². The third kappa shape index (κ3) is 5.65. The molecule has 8 heteroatoms. The number of urea groups is 1. The van der Waals surface area contributed by atoms with E-state index in [0.717, 1.165) is 23.5 Å². The molecule has 7 nitrogen and oxygen atoms in total. The first-order chi connectivity index (χ1) is 11.1. The summed E-state index contributed by atoms with van der Waals surface area (Å²) in [6.07, 6.45) is 5.07. The molecule has 2 aromatic rings. The first-order valence-electron chi connectivity index (χ1n) is 7.66. The zero-order chi connectivity index (χ0) is 16.7. The van der Waals surface area contributed by atoms with Crippen LogP contribution in [0.5, 0.6) is 0 Å². The molecule has 2 rings (SSSR count). The molecule has 0 aromatic carbocycles. The summed E-state index contributed by atoms with van der Waals surface area (Å²) in [6.45, 7) is 7.63. The van der Waals surface area contributed by atoms with Crippen molar-refractivity contribution < 1.29 is 9.53 Å². The molecule has 2 heterocycles. The van der Waals surface area contributed by atoms with Gasteiger partial charge in [0.2, 0.25) is 0 Å². The minimum Gasteiger partial charge on any atom is -0.360 e. The smallest absolute Gasteiger partial charge is 0.319 e. The van der Waals surface area contributed by atoms with Crippen LogP contribution in [-0.4, -0.2) is 33.9 Å². The Hall–Kier alpha value is -1.93. The van der Waals surface area contributed by atoms with Crippen LogP contribution < -0.4 is 10.6 Å². The third-order valence-electron chi connectivity index (χ3n) is 3.24. The van der Waals surface area contributed by atoms with Gasteiger partial charge in [-0.1, -0.05) is 0 Å². The zero-order valence-corrected chi connectivity index (χ0v) is 14.6. The van der Waals surface area contributed by atoms with E-state index < -0.39 is 0 Å². The van der Waals surface area contributed by atoms with Crippen LogP contribution in [0, 0.1) is 13.8 Å². The number of anilines is 1. The molecule has 2 N–H and O–H groups in total. The Morgan fingerprint density at radius 1 is 1.43 bits per heavy atom. The van der Waals surface area contributed by atoms with E-state index in [-0.39, 0.29) is 6.03 Å². The highest BCUT2D eigenvalue weighted by molar-refractivity contribution is 7.11. The molecule has 0 aliphatic rings. The fraction of sp³-hybridized carbons (Fsp3) is 0.533. The van der Waals surface area contributed by atoms with Crippen molar-refractivity contribution in [3.05, 3.63) is 28.0 Å². The molecular weight excluding hydrogens is 314 g/mol. The largest absolute Gasteiger partial charge is 0.360 e. The van der Waals surface area contributed by atoms with Crippen molar-refractivity contribution in [2.24, 2.45) is 0 Å². The van der Waals surface area contributed by atoms with Crippen LogP contribution in [0.25, 0.3) is 0 Å². The Bertz CT molecular complexity index is 618. The lowest BCUT2D eigenvalue weighted by Crippen LogP contribution is -2.29. The second-order valence-corrected chi connectivity index (χ2v) is 6.41. The Labute approximate surface area is 140 Å². The van der Waals surface area contributed by atoms with Crippen molar-refractivity contribution in [2.75, 3.05) is 18.5 Å². The van der Waals surface area contributed by atoms with Crippen LogP contribution in [0.4, 0.5) is 10.5 Å². The van der Waals surface area contributed by atoms with E-state index >= 15 is 0 Å². The molecule has 0 aliphatic carbocycles. The molecule has 23 heavy (non-hydrogen) atoms. The number of nitrogens with zero attached hydrogens (tertiary/aromatic N) is 3. The van der Waals surface area contributed by atoms with Crippen molar-refractivity contribution in [3.8, 4) is 0 Å². The summed E-state index contributed by atoms with van der Waals surface area (Å²) < 4.78 is 6.87. The number of ether oxygens (including phenoxy) is 1. The maximum atomic E-state index is 11.8. The molecule has 2 aromatic heterocycles. The molecule has 0 saturated heterocycles. The van der Waals surface area contributed by atoms with Gasteiger partial charge < -0.3 is 15.4 Å². The molecular formula is C15H23N5O2S. The Morgan fingerprint density at radius 2 is 2.26 bits per heavy atom. The minimum atomic E-state index is -0.229. The Balaban J connectivity index is 1.65. The second kappa shape index (κ2) is 8.64. The van der Waals surface area contributed by atoms with E-state index in [4.69, 9.17) is 4.74 Å². The summed E-state index contributed by atoms with van der Waals surface area (Å²) in [7, 11) is 0. The van der Waals surface area contributed by atoms with Crippen molar-refractivity contribution in [1.29, 1.82) is 0 Å². The predicted octanol–water partition coefficient (Wildman–Crippen LogP) is 2.70. The molecule has 0 unspecified atom stereocenters. The molecule has 126 valence electrons. The highest BCUT2D eigenvalue weighted by atomic mass is 32.1. The number of nitrogens with one attached hydrogen (secondary N) is 2. The molecule has 2 amide bonds. The minimum absolute atomic E-state index is 0.229. The van der Waals surface area contributed by atoms with Gasteiger partial charge in [-0.15, -0.1) is 11.3 Å². The van der Waals surface area contributed by atoms with Gasteiger partial charge in [0.15, 0.2) is 0 Å². The van der Waals surface area contributed by atoms with Gasteiger partial charge in [-0.2, -0.15) is 5.10 Å². The lowest BCUT2D eigenvalue weighted by Gasteiger charge is -2.05. The maximum absolute atomic E-state index is 11.8. The van der Waals surface area contributed by atoms with E-state index in [1.807, 2.05) is 13.8 Å². The van der Waals surface area contributed by atoms with Gasteiger partial charge in [0, 0.05) is 24.4 Å². The number of aryl methyl sites for hydroxylation is 3. The number of amides is 2. The average Bonchev–Trinajstić information content (AvgIpc) is 3.08. The Morgan fingerprint density at radius 3 is 2.96 bits per heavy atom. The lowest BCUT2D eigenvalue weighted by molar-refractivity contribution is 0.0792. The molecule has 0 spiro atoms. The van der Waals surface area contributed by atoms with Gasteiger partial charge in [0.25, 0.3) is 0 Å². The van der Waals surface area contributed by atoms with Gasteiger partial charge >= 0.3 is 6.03 Å². The van der Waals surface area contributed by atoms with E-state index in [1.165, 1.54) is 4.88 Å². The maximum Gasteiger partial charge on any atom is 0.319 e. The highest BCUT2D eigenvalue weighted by Gasteiger charge is 2.06. The summed E-state index contributed by atoms with van der Waals surface area (Å²) in [5, 5.41) is 10.8.